The van der Waals surface area contributed by atoms with Crippen LogP contribution in [0, 0.1) is 5.82 Å². The van der Waals surface area contributed by atoms with Gasteiger partial charge in [0, 0.05) is 5.57 Å². The first-order chi connectivity index (χ1) is 13.5. The molecule has 0 amide bonds. The molecule has 0 aromatic heterocycles. The van der Waals surface area contributed by atoms with Crippen molar-refractivity contribution < 1.29 is 23.8 Å². The molecule has 1 N–H and O–H groups in total. The topological polar surface area (TPSA) is 55.8 Å². The van der Waals surface area contributed by atoms with Gasteiger partial charge in [-0.1, -0.05) is 24.3 Å². The molecule has 1 heterocycles. The number of rotatable bonds is 3. The molecule has 1 atom stereocenters. The van der Waals surface area contributed by atoms with Crippen molar-refractivity contribution in [3.05, 3.63) is 94.8 Å². The predicted octanol–water partition coefficient (Wildman–Crippen LogP) is 4.94. The van der Waals surface area contributed by atoms with Gasteiger partial charge in [-0.25, -0.2) is 4.39 Å². The number of methoxy groups -OCH3 is 1. The lowest BCUT2D eigenvalue weighted by atomic mass is 9.89. The van der Waals surface area contributed by atoms with E-state index in [0.29, 0.717) is 22.6 Å². The Morgan fingerprint density at radius 1 is 1.04 bits per heavy atom. The quantitative estimate of drug-likeness (QED) is 0.658. The van der Waals surface area contributed by atoms with E-state index in [9.17, 15) is 14.3 Å². The van der Waals surface area contributed by atoms with Crippen molar-refractivity contribution in [2.45, 2.75) is 6.10 Å². The summed E-state index contributed by atoms with van der Waals surface area (Å²) in [7, 11) is 1.58. The standard InChI is InChI=1S/C23H17FO4/c1-27-18-9-2-14(3-10-18)12-20-22(26)19-13-17(25)8-11-21(19)28-23(20)15-4-6-16(24)7-5-15/h2-13,23,25H,1H3. The molecule has 0 radical (unpaired) electrons. The van der Waals surface area contributed by atoms with Crippen LogP contribution in [0.2, 0.25) is 0 Å². The number of carbonyl (C=O) groups is 1. The summed E-state index contributed by atoms with van der Waals surface area (Å²) in [5.74, 6) is 0.460. The Kier molecular flexibility index (Phi) is 4.57. The molecule has 0 fully saturated rings. The van der Waals surface area contributed by atoms with E-state index in [-0.39, 0.29) is 22.9 Å². The van der Waals surface area contributed by atoms with Gasteiger partial charge < -0.3 is 14.6 Å². The summed E-state index contributed by atoms with van der Waals surface area (Å²) < 4.78 is 24.6. The molecule has 4 rings (SSSR count). The van der Waals surface area contributed by atoms with Crippen LogP contribution in [0.15, 0.2) is 72.3 Å². The van der Waals surface area contributed by atoms with Crippen LogP contribution in [0.3, 0.4) is 0 Å². The second-order valence-electron chi connectivity index (χ2n) is 6.43. The molecule has 0 saturated carbocycles. The zero-order valence-electron chi connectivity index (χ0n) is 15.1. The van der Waals surface area contributed by atoms with Crippen molar-refractivity contribution in [2.24, 2.45) is 0 Å². The van der Waals surface area contributed by atoms with E-state index in [2.05, 4.69) is 0 Å². The molecule has 1 unspecified atom stereocenters. The minimum Gasteiger partial charge on any atom is -0.508 e. The lowest BCUT2D eigenvalue weighted by Gasteiger charge is -2.28. The van der Waals surface area contributed by atoms with Crippen molar-refractivity contribution >= 4 is 11.9 Å². The largest absolute Gasteiger partial charge is 0.508 e. The highest BCUT2D eigenvalue weighted by atomic mass is 19.1. The number of phenolic OH excluding ortho intramolecular Hbond substituents is 1. The lowest BCUT2D eigenvalue weighted by molar-refractivity contribution is 0.0963. The highest BCUT2D eigenvalue weighted by Crippen LogP contribution is 2.40. The molecule has 28 heavy (non-hydrogen) atoms. The third-order valence-corrected chi connectivity index (χ3v) is 4.61. The van der Waals surface area contributed by atoms with Gasteiger partial charge in [-0.15, -0.1) is 0 Å². The lowest BCUT2D eigenvalue weighted by Crippen LogP contribution is -2.23. The zero-order valence-corrected chi connectivity index (χ0v) is 15.1. The fraction of sp³-hybridized carbons (Fsp3) is 0.0870. The summed E-state index contributed by atoms with van der Waals surface area (Å²) in [6.45, 7) is 0. The summed E-state index contributed by atoms with van der Waals surface area (Å²) >= 11 is 0. The summed E-state index contributed by atoms with van der Waals surface area (Å²) in [6, 6.07) is 17.5. The normalized spacial score (nSPS) is 17.1. The number of hydrogen-bond acceptors (Lipinski definition) is 4. The first-order valence-corrected chi connectivity index (χ1v) is 8.70. The van der Waals surface area contributed by atoms with Gasteiger partial charge in [-0.3, -0.25) is 4.79 Å². The number of hydrogen-bond donors (Lipinski definition) is 1. The first kappa shape index (κ1) is 17.8. The smallest absolute Gasteiger partial charge is 0.196 e. The molecule has 0 saturated heterocycles. The molecular weight excluding hydrogens is 359 g/mol. The molecule has 1 aliphatic heterocycles. The van der Waals surface area contributed by atoms with Crippen LogP contribution in [0.4, 0.5) is 4.39 Å². The molecule has 3 aromatic carbocycles. The number of benzene rings is 3. The zero-order chi connectivity index (χ0) is 19.7. The van der Waals surface area contributed by atoms with E-state index in [1.165, 1.54) is 24.3 Å². The van der Waals surface area contributed by atoms with Crippen molar-refractivity contribution in [1.29, 1.82) is 0 Å². The van der Waals surface area contributed by atoms with E-state index in [1.807, 2.05) is 12.1 Å². The van der Waals surface area contributed by atoms with Gasteiger partial charge in [0.05, 0.1) is 12.7 Å². The van der Waals surface area contributed by atoms with Gasteiger partial charge in [-0.2, -0.15) is 0 Å². The highest BCUT2D eigenvalue weighted by Gasteiger charge is 2.33. The summed E-state index contributed by atoms with van der Waals surface area (Å²) in [6.07, 6.45) is 1.05. The van der Waals surface area contributed by atoms with E-state index >= 15 is 0 Å². The van der Waals surface area contributed by atoms with Gasteiger partial charge in [0.15, 0.2) is 11.9 Å². The minimum absolute atomic E-state index is 0.0141. The predicted molar refractivity (Wildman–Crippen MR) is 103 cm³/mol. The second-order valence-corrected chi connectivity index (χ2v) is 6.43. The first-order valence-electron chi connectivity index (χ1n) is 8.70. The van der Waals surface area contributed by atoms with Crippen molar-refractivity contribution in [1.82, 2.24) is 0 Å². The van der Waals surface area contributed by atoms with Gasteiger partial charge in [0.2, 0.25) is 0 Å². The number of aromatic hydroxyl groups is 1. The average molecular weight is 376 g/mol. The highest BCUT2D eigenvalue weighted by molar-refractivity contribution is 6.14. The molecule has 0 spiro atoms. The summed E-state index contributed by atoms with van der Waals surface area (Å²) in [4.78, 5) is 13.2. The fourth-order valence-corrected chi connectivity index (χ4v) is 3.17. The maximum atomic E-state index is 13.4. The Morgan fingerprint density at radius 2 is 1.75 bits per heavy atom. The van der Waals surface area contributed by atoms with Gasteiger partial charge in [-0.05, 0) is 59.7 Å². The molecule has 5 heteroatoms. The van der Waals surface area contributed by atoms with Crippen LogP contribution in [0.25, 0.3) is 6.08 Å². The molecule has 4 nitrogen and oxygen atoms in total. The number of ketones is 1. The number of carbonyl (C=O) groups excluding carboxylic acids is 1. The Hall–Kier alpha value is -3.60. The van der Waals surface area contributed by atoms with Gasteiger partial charge in [0.1, 0.15) is 23.1 Å². The van der Waals surface area contributed by atoms with E-state index in [0.717, 1.165) is 5.56 Å². The number of fused-ring (bicyclic) bond motifs is 1. The SMILES string of the molecule is COc1ccc(C=C2C(=O)c3cc(O)ccc3OC2c2ccc(F)cc2)cc1. The van der Waals surface area contributed by atoms with Gasteiger partial charge >= 0.3 is 0 Å². The Bertz CT molecular complexity index is 1050. The third kappa shape index (κ3) is 3.34. The molecule has 140 valence electrons. The molecule has 0 aliphatic carbocycles. The number of phenols is 1. The summed E-state index contributed by atoms with van der Waals surface area (Å²) in [5, 5.41) is 9.77. The van der Waals surface area contributed by atoms with Crippen LogP contribution in [0.1, 0.15) is 27.6 Å². The van der Waals surface area contributed by atoms with E-state index in [1.54, 1.807) is 43.5 Å². The van der Waals surface area contributed by atoms with Gasteiger partial charge in [0.25, 0.3) is 0 Å². The van der Waals surface area contributed by atoms with Crippen LogP contribution < -0.4 is 9.47 Å². The van der Waals surface area contributed by atoms with Crippen LogP contribution in [0.5, 0.6) is 17.2 Å². The van der Waals surface area contributed by atoms with Crippen molar-refractivity contribution in [2.75, 3.05) is 7.11 Å². The minimum atomic E-state index is -0.688. The Labute approximate surface area is 161 Å². The Morgan fingerprint density at radius 3 is 2.43 bits per heavy atom. The molecule has 3 aromatic rings. The molecule has 0 bridgehead atoms. The third-order valence-electron chi connectivity index (χ3n) is 4.61. The monoisotopic (exact) mass is 376 g/mol. The fourth-order valence-electron chi connectivity index (χ4n) is 3.17. The van der Waals surface area contributed by atoms with Crippen molar-refractivity contribution in [3.8, 4) is 17.2 Å². The molecule has 1 aliphatic rings. The summed E-state index contributed by atoms with van der Waals surface area (Å²) in [5.41, 5.74) is 2.14. The van der Waals surface area contributed by atoms with Crippen LogP contribution in [-0.4, -0.2) is 18.0 Å². The van der Waals surface area contributed by atoms with E-state index in [4.69, 9.17) is 9.47 Å². The molecular formula is C23H17FO4. The van der Waals surface area contributed by atoms with E-state index < -0.39 is 6.10 Å². The number of Topliss-reactive ketones (excluding diaryl/α,β-unsaturated/α-hetero) is 1. The maximum Gasteiger partial charge on any atom is 0.196 e. The van der Waals surface area contributed by atoms with Crippen LogP contribution in [-0.2, 0) is 0 Å². The number of halogens is 1. The second kappa shape index (κ2) is 7.19. The number of ether oxygens (including phenoxy) is 2. The Balaban J connectivity index is 1.83. The van der Waals surface area contributed by atoms with Crippen LogP contribution >= 0.6 is 0 Å². The average Bonchev–Trinajstić information content (AvgIpc) is 2.71. The maximum absolute atomic E-state index is 13.4. The van der Waals surface area contributed by atoms with Crippen molar-refractivity contribution in [3.63, 3.8) is 0 Å².